The second kappa shape index (κ2) is 7.28. The minimum absolute atomic E-state index is 0.0490. The van der Waals surface area contributed by atoms with E-state index in [4.69, 9.17) is 11.6 Å². The number of benzene rings is 1. The van der Waals surface area contributed by atoms with E-state index < -0.39 is 17.7 Å². The third-order valence-electron chi connectivity index (χ3n) is 5.07. The van der Waals surface area contributed by atoms with Crippen molar-refractivity contribution >= 4 is 23.1 Å². The molecular formula is C20H18ClF4N3. The van der Waals surface area contributed by atoms with E-state index >= 15 is 0 Å². The molecule has 0 bridgehead atoms. The second-order valence-electron chi connectivity index (χ2n) is 7.01. The Bertz CT molecular complexity index is 1010. The van der Waals surface area contributed by atoms with Crippen molar-refractivity contribution in [2.45, 2.75) is 44.3 Å². The quantitative estimate of drug-likeness (QED) is 0.495. The molecular weight excluding hydrogens is 394 g/mol. The fraction of sp³-hybridized carbons (Fsp3) is 0.350. The Labute approximate surface area is 164 Å². The molecule has 28 heavy (non-hydrogen) atoms. The van der Waals surface area contributed by atoms with E-state index in [1.807, 2.05) is 0 Å². The van der Waals surface area contributed by atoms with Crippen LogP contribution in [0, 0.1) is 5.82 Å². The average Bonchev–Trinajstić information content (AvgIpc) is 3.00. The summed E-state index contributed by atoms with van der Waals surface area (Å²) in [6.07, 6.45) is 0.360. The van der Waals surface area contributed by atoms with Gasteiger partial charge in [-0.2, -0.15) is 13.2 Å². The molecule has 0 saturated heterocycles. The van der Waals surface area contributed by atoms with E-state index in [-0.39, 0.29) is 28.2 Å². The molecule has 2 heterocycles. The SMILES string of the molecule is Fc1ccc(-c2nc3cccc(C(F)(F)F)n3c2NC2CCCCC2)c(Cl)c1. The number of halogens is 5. The molecule has 148 valence electrons. The third kappa shape index (κ3) is 3.55. The van der Waals surface area contributed by atoms with Crippen molar-refractivity contribution in [2.24, 2.45) is 0 Å². The molecule has 0 spiro atoms. The number of anilines is 1. The summed E-state index contributed by atoms with van der Waals surface area (Å²) >= 11 is 6.20. The maximum absolute atomic E-state index is 13.7. The summed E-state index contributed by atoms with van der Waals surface area (Å²) in [5.74, 6) is -0.279. The minimum atomic E-state index is -4.55. The van der Waals surface area contributed by atoms with Gasteiger partial charge >= 0.3 is 6.18 Å². The summed E-state index contributed by atoms with van der Waals surface area (Å²) in [6, 6.07) is 7.72. The smallest absolute Gasteiger partial charge is 0.367 e. The van der Waals surface area contributed by atoms with E-state index in [1.165, 1.54) is 24.3 Å². The molecule has 1 saturated carbocycles. The van der Waals surface area contributed by atoms with Gasteiger partial charge in [-0.1, -0.05) is 36.9 Å². The fourth-order valence-corrected chi connectivity index (χ4v) is 4.01. The number of pyridine rings is 1. The van der Waals surface area contributed by atoms with Gasteiger partial charge in [-0.05, 0) is 43.2 Å². The Morgan fingerprint density at radius 1 is 1.07 bits per heavy atom. The molecule has 0 amide bonds. The van der Waals surface area contributed by atoms with Crippen LogP contribution in [0.2, 0.25) is 5.02 Å². The highest BCUT2D eigenvalue weighted by atomic mass is 35.5. The van der Waals surface area contributed by atoms with Crippen molar-refractivity contribution in [2.75, 3.05) is 5.32 Å². The minimum Gasteiger partial charge on any atom is -0.367 e. The first-order valence-electron chi connectivity index (χ1n) is 9.15. The Kier molecular flexibility index (Phi) is 4.95. The van der Waals surface area contributed by atoms with Gasteiger partial charge in [0.05, 0.1) is 5.02 Å². The monoisotopic (exact) mass is 411 g/mol. The van der Waals surface area contributed by atoms with E-state index in [0.29, 0.717) is 5.56 Å². The van der Waals surface area contributed by atoms with Gasteiger partial charge in [0, 0.05) is 11.6 Å². The van der Waals surface area contributed by atoms with E-state index in [1.54, 1.807) is 0 Å². The Balaban J connectivity index is 1.94. The van der Waals surface area contributed by atoms with Crippen molar-refractivity contribution in [3.8, 4) is 11.3 Å². The lowest BCUT2D eigenvalue weighted by atomic mass is 9.95. The largest absolute Gasteiger partial charge is 0.431 e. The topological polar surface area (TPSA) is 29.3 Å². The second-order valence-corrected chi connectivity index (χ2v) is 7.42. The molecule has 1 fully saturated rings. The third-order valence-corrected chi connectivity index (χ3v) is 5.38. The predicted octanol–water partition coefficient (Wildman–Crippen LogP) is 6.56. The first-order valence-corrected chi connectivity index (χ1v) is 9.53. The van der Waals surface area contributed by atoms with Crippen molar-refractivity contribution in [1.82, 2.24) is 9.38 Å². The molecule has 1 aromatic carbocycles. The van der Waals surface area contributed by atoms with Crippen LogP contribution in [0.1, 0.15) is 37.8 Å². The van der Waals surface area contributed by atoms with E-state index in [2.05, 4.69) is 10.3 Å². The van der Waals surface area contributed by atoms with Crippen LogP contribution in [0.25, 0.3) is 16.9 Å². The van der Waals surface area contributed by atoms with Gasteiger partial charge < -0.3 is 5.32 Å². The highest BCUT2D eigenvalue weighted by Gasteiger charge is 2.35. The fourth-order valence-electron chi connectivity index (χ4n) is 3.76. The van der Waals surface area contributed by atoms with Gasteiger partial charge in [0.2, 0.25) is 0 Å². The molecule has 4 rings (SSSR count). The molecule has 1 aliphatic rings. The number of hydrogen-bond donors (Lipinski definition) is 1. The van der Waals surface area contributed by atoms with Crippen molar-refractivity contribution in [3.05, 3.63) is 52.9 Å². The van der Waals surface area contributed by atoms with Crippen molar-refractivity contribution < 1.29 is 17.6 Å². The van der Waals surface area contributed by atoms with Crippen LogP contribution in [0.5, 0.6) is 0 Å². The molecule has 1 N–H and O–H groups in total. The number of rotatable bonds is 3. The number of imidazole rings is 1. The Morgan fingerprint density at radius 2 is 1.82 bits per heavy atom. The van der Waals surface area contributed by atoms with Gasteiger partial charge in [0.25, 0.3) is 0 Å². The number of nitrogens with zero attached hydrogens (tertiary/aromatic N) is 2. The van der Waals surface area contributed by atoms with Crippen LogP contribution in [-0.4, -0.2) is 15.4 Å². The number of nitrogens with one attached hydrogen (secondary N) is 1. The Hall–Kier alpha value is -2.28. The molecule has 3 nitrogen and oxygen atoms in total. The van der Waals surface area contributed by atoms with Crippen LogP contribution in [-0.2, 0) is 6.18 Å². The Morgan fingerprint density at radius 3 is 2.50 bits per heavy atom. The first kappa shape index (κ1) is 19.1. The summed E-state index contributed by atoms with van der Waals surface area (Å²) < 4.78 is 55.6. The number of hydrogen-bond acceptors (Lipinski definition) is 2. The molecule has 0 radical (unpaired) electrons. The van der Waals surface area contributed by atoms with Gasteiger partial charge in [-0.15, -0.1) is 0 Å². The summed E-state index contributed by atoms with van der Waals surface area (Å²) in [5, 5.41) is 3.37. The molecule has 2 aromatic heterocycles. The zero-order valence-electron chi connectivity index (χ0n) is 14.9. The standard InChI is InChI=1S/C20H18ClF4N3/c21-15-11-12(22)9-10-14(15)18-19(26-13-5-2-1-3-6-13)28-16(20(23,24)25)7-4-8-17(28)27-18/h4,7-11,13,26H,1-3,5-6H2. The molecule has 1 aliphatic carbocycles. The van der Waals surface area contributed by atoms with Crippen LogP contribution in [0.4, 0.5) is 23.4 Å². The molecule has 8 heteroatoms. The number of alkyl halides is 3. The lowest BCUT2D eigenvalue weighted by molar-refractivity contribution is -0.141. The van der Waals surface area contributed by atoms with E-state index in [9.17, 15) is 17.6 Å². The highest BCUT2D eigenvalue weighted by Crippen LogP contribution is 2.39. The first-order chi connectivity index (χ1) is 13.3. The molecule has 0 aliphatic heterocycles. The van der Waals surface area contributed by atoms with Gasteiger partial charge in [-0.25, -0.2) is 9.37 Å². The van der Waals surface area contributed by atoms with Crippen LogP contribution in [0.15, 0.2) is 36.4 Å². The highest BCUT2D eigenvalue weighted by molar-refractivity contribution is 6.33. The van der Waals surface area contributed by atoms with Crippen LogP contribution in [0.3, 0.4) is 0 Å². The zero-order valence-corrected chi connectivity index (χ0v) is 15.6. The lowest BCUT2D eigenvalue weighted by Crippen LogP contribution is -2.24. The van der Waals surface area contributed by atoms with Crippen LogP contribution >= 0.6 is 11.6 Å². The molecule has 0 atom stereocenters. The van der Waals surface area contributed by atoms with Gasteiger partial charge in [0.1, 0.15) is 28.7 Å². The van der Waals surface area contributed by atoms with E-state index in [0.717, 1.165) is 48.6 Å². The predicted molar refractivity (Wildman–Crippen MR) is 101 cm³/mol. The summed E-state index contributed by atoms with van der Waals surface area (Å²) in [4.78, 5) is 4.41. The normalized spacial score (nSPS) is 15.9. The summed E-state index contributed by atoms with van der Waals surface area (Å²) in [7, 11) is 0. The average molecular weight is 412 g/mol. The maximum atomic E-state index is 13.7. The number of fused-ring (bicyclic) bond motifs is 1. The summed E-state index contributed by atoms with van der Waals surface area (Å²) in [6.45, 7) is 0. The molecule has 3 aromatic rings. The van der Waals surface area contributed by atoms with Gasteiger partial charge in [0.15, 0.2) is 0 Å². The lowest BCUT2D eigenvalue weighted by Gasteiger charge is -2.25. The maximum Gasteiger partial charge on any atom is 0.431 e. The van der Waals surface area contributed by atoms with Gasteiger partial charge in [-0.3, -0.25) is 4.40 Å². The van der Waals surface area contributed by atoms with Crippen molar-refractivity contribution in [3.63, 3.8) is 0 Å². The number of aromatic nitrogens is 2. The molecule has 0 unspecified atom stereocenters. The van der Waals surface area contributed by atoms with Crippen LogP contribution < -0.4 is 5.32 Å². The summed E-state index contributed by atoms with van der Waals surface area (Å²) in [5.41, 5.74) is 0.00861. The zero-order chi connectivity index (χ0) is 19.9. The van der Waals surface area contributed by atoms with Crippen molar-refractivity contribution in [1.29, 1.82) is 0 Å².